The van der Waals surface area contributed by atoms with E-state index in [1.165, 1.54) is 12.1 Å². The van der Waals surface area contributed by atoms with E-state index in [1.807, 2.05) is 5.38 Å². The number of aromatic nitrogens is 1. The SMILES string of the molecule is O=C(Nc1ccccc1O)C1CCN(c2nc(-c3ccc(F)cc3)cs2)CC1. The Balaban J connectivity index is 1.36. The van der Waals surface area contributed by atoms with E-state index in [9.17, 15) is 14.3 Å². The van der Waals surface area contributed by atoms with E-state index in [0.717, 1.165) is 42.3 Å². The molecular formula is C21H20FN3O2S. The fraction of sp³-hybridized carbons (Fsp3) is 0.238. The molecule has 2 heterocycles. The standard InChI is InChI=1S/C21H20FN3O2S/c22-16-7-5-14(6-8-16)18-13-28-21(24-18)25-11-9-15(10-12-25)20(27)23-17-3-1-2-4-19(17)26/h1-8,13,15,26H,9-12H2,(H,23,27). The Labute approximate surface area is 166 Å². The number of carbonyl (C=O) groups is 1. The number of hydrogen-bond donors (Lipinski definition) is 2. The highest BCUT2D eigenvalue weighted by atomic mass is 32.1. The van der Waals surface area contributed by atoms with Crippen molar-refractivity contribution in [1.82, 2.24) is 4.98 Å². The molecule has 1 aromatic heterocycles. The highest BCUT2D eigenvalue weighted by Crippen LogP contribution is 2.31. The van der Waals surface area contributed by atoms with E-state index in [1.54, 1.807) is 47.7 Å². The number of rotatable bonds is 4. The second-order valence-corrected chi connectivity index (χ2v) is 7.63. The predicted molar refractivity (Wildman–Crippen MR) is 109 cm³/mol. The molecule has 1 saturated heterocycles. The summed E-state index contributed by atoms with van der Waals surface area (Å²) in [5.41, 5.74) is 2.17. The maximum absolute atomic E-state index is 13.1. The number of carbonyl (C=O) groups excluding carboxylic acids is 1. The molecule has 5 nitrogen and oxygen atoms in total. The molecule has 2 N–H and O–H groups in total. The molecule has 7 heteroatoms. The smallest absolute Gasteiger partial charge is 0.227 e. The first kappa shape index (κ1) is 18.4. The summed E-state index contributed by atoms with van der Waals surface area (Å²) >= 11 is 1.56. The number of phenols is 1. The number of para-hydroxylation sites is 2. The summed E-state index contributed by atoms with van der Waals surface area (Å²) in [4.78, 5) is 19.3. The van der Waals surface area contributed by atoms with E-state index in [-0.39, 0.29) is 23.4 Å². The van der Waals surface area contributed by atoms with Gasteiger partial charge >= 0.3 is 0 Å². The van der Waals surface area contributed by atoms with Gasteiger partial charge in [0.2, 0.25) is 5.91 Å². The van der Waals surface area contributed by atoms with Gasteiger partial charge in [-0.1, -0.05) is 12.1 Å². The summed E-state index contributed by atoms with van der Waals surface area (Å²) in [5, 5.41) is 15.5. The van der Waals surface area contributed by atoms with Crippen LogP contribution in [0.5, 0.6) is 5.75 Å². The van der Waals surface area contributed by atoms with Crippen LogP contribution in [0.15, 0.2) is 53.9 Å². The van der Waals surface area contributed by atoms with Crippen LogP contribution in [0.4, 0.5) is 15.2 Å². The molecule has 0 bridgehead atoms. The number of thiazole rings is 1. The van der Waals surface area contributed by atoms with Crippen LogP contribution in [0.2, 0.25) is 0 Å². The van der Waals surface area contributed by atoms with Crippen LogP contribution < -0.4 is 10.2 Å². The molecule has 0 saturated carbocycles. The molecule has 2 aromatic carbocycles. The molecule has 3 aromatic rings. The third kappa shape index (κ3) is 3.99. The zero-order chi connectivity index (χ0) is 19.5. The first-order valence-electron chi connectivity index (χ1n) is 9.15. The Hall–Kier alpha value is -2.93. The lowest BCUT2D eigenvalue weighted by Crippen LogP contribution is -2.38. The second-order valence-electron chi connectivity index (χ2n) is 6.79. The average molecular weight is 397 g/mol. The number of piperidine rings is 1. The van der Waals surface area contributed by atoms with Crippen molar-refractivity contribution in [1.29, 1.82) is 0 Å². The van der Waals surface area contributed by atoms with Crippen molar-refractivity contribution in [2.45, 2.75) is 12.8 Å². The van der Waals surface area contributed by atoms with Crippen molar-refractivity contribution in [2.75, 3.05) is 23.3 Å². The van der Waals surface area contributed by atoms with Gasteiger partial charge in [-0.3, -0.25) is 4.79 Å². The van der Waals surface area contributed by atoms with Crippen LogP contribution in [0, 0.1) is 11.7 Å². The fourth-order valence-corrected chi connectivity index (χ4v) is 4.20. The minimum absolute atomic E-state index is 0.0627. The number of benzene rings is 2. The first-order valence-corrected chi connectivity index (χ1v) is 10.0. The second kappa shape index (κ2) is 7.98. The number of nitrogens with zero attached hydrogens (tertiary/aromatic N) is 2. The molecule has 28 heavy (non-hydrogen) atoms. The number of phenolic OH excluding ortho intramolecular Hbond substituents is 1. The lowest BCUT2D eigenvalue weighted by molar-refractivity contribution is -0.120. The van der Waals surface area contributed by atoms with Gasteiger partial charge in [-0.2, -0.15) is 0 Å². The van der Waals surface area contributed by atoms with Crippen molar-refractivity contribution in [3.63, 3.8) is 0 Å². The highest BCUT2D eigenvalue weighted by Gasteiger charge is 2.26. The topological polar surface area (TPSA) is 65.5 Å². The lowest BCUT2D eigenvalue weighted by atomic mass is 9.96. The van der Waals surface area contributed by atoms with Gasteiger partial charge < -0.3 is 15.3 Å². The summed E-state index contributed by atoms with van der Waals surface area (Å²) < 4.78 is 13.1. The van der Waals surface area contributed by atoms with E-state index < -0.39 is 0 Å². The van der Waals surface area contributed by atoms with Gasteiger partial charge in [0.25, 0.3) is 0 Å². The Kier molecular flexibility index (Phi) is 5.25. The van der Waals surface area contributed by atoms with Crippen molar-refractivity contribution in [2.24, 2.45) is 5.92 Å². The van der Waals surface area contributed by atoms with Crippen LogP contribution in [-0.4, -0.2) is 29.1 Å². The Bertz CT molecular complexity index is 966. The Morgan fingerprint density at radius 3 is 2.57 bits per heavy atom. The molecule has 4 rings (SSSR count). The maximum Gasteiger partial charge on any atom is 0.227 e. The molecule has 1 fully saturated rings. The van der Waals surface area contributed by atoms with Crippen LogP contribution in [0.3, 0.4) is 0 Å². The van der Waals surface area contributed by atoms with Crippen molar-refractivity contribution >= 4 is 28.1 Å². The third-order valence-corrected chi connectivity index (χ3v) is 5.83. The van der Waals surface area contributed by atoms with Crippen LogP contribution in [0.1, 0.15) is 12.8 Å². The van der Waals surface area contributed by atoms with E-state index >= 15 is 0 Å². The molecule has 1 aliphatic heterocycles. The number of amides is 1. The summed E-state index contributed by atoms with van der Waals surface area (Å²) in [6, 6.07) is 13.1. The van der Waals surface area contributed by atoms with Gasteiger partial charge in [0, 0.05) is 30.0 Å². The van der Waals surface area contributed by atoms with Gasteiger partial charge in [-0.05, 0) is 49.2 Å². The van der Waals surface area contributed by atoms with Gasteiger partial charge in [0.1, 0.15) is 11.6 Å². The normalized spacial score (nSPS) is 14.8. The number of nitrogens with one attached hydrogen (secondary N) is 1. The van der Waals surface area contributed by atoms with Gasteiger partial charge in [0.05, 0.1) is 11.4 Å². The first-order chi connectivity index (χ1) is 13.6. The highest BCUT2D eigenvalue weighted by molar-refractivity contribution is 7.14. The molecule has 0 atom stereocenters. The fourth-order valence-electron chi connectivity index (χ4n) is 3.31. The molecule has 144 valence electrons. The van der Waals surface area contributed by atoms with E-state index in [4.69, 9.17) is 0 Å². The molecule has 0 radical (unpaired) electrons. The van der Waals surface area contributed by atoms with Gasteiger partial charge in [-0.15, -0.1) is 11.3 Å². The number of aromatic hydroxyl groups is 1. The summed E-state index contributed by atoms with van der Waals surface area (Å²) in [7, 11) is 0. The van der Waals surface area contributed by atoms with Crippen LogP contribution in [-0.2, 0) is 4.79 Å². The lowest BCUT2D eigenvalue weighted by Gasteiger charge is -2.31. The van der Waals surface area contributed by atoms with Crippen molar-refractivity contribution in [3.05, 3.63) is 59.7 Å². The van der Waals surface area contributed by atoms with Gasteiger partial charge in [0.15, 0.2) is 5.13 Å². The third-order valence-electron chi connectivity index (χ3n) is 4.93. The Morgan fingerprint density at radius 2 is 1.86 bits per heavy atom. The van der Waals surface area contributed by atoms with E-state index in [2.05, 4.69) is 15.2 Å². The van der Waals surface area contributed by atoms with Crippen molar-refractivity contribution < 1.29 is 14.3 Å². The van der Waals surface area contributed by atoms with Crippen LogP contribution >= 0.6 is 11.3 Å². The Morgan fingerprint density at radius 1 is 1.14 bits per heavy atom. The maximum atomic E-state index is 13.1. The molecular weight excluding hydrogens is 377 g/mol. The predicted octanol–water partition coefficient (Wildman–Crippen LogP) is 4.51. The molecule has 0 spiro atoms. The largest absolute Gasteiger partial charge is 0.506 e. The zero-order valence-corrected chi connectivity index (χ0v) is 16.0. The van der Waals surface area contributed by atoms with Crippen molar-refractivity contribution in [3.8, 4) is 17.0 Å². The average Bonchev–Trinajstić information content (AvgIpc) is 3.20. The molecule has 0 unspecified atom stereocenters. The molecule has 1 aliphatic rings. The summed E-state index contributed by atoms with van der Waals surface area (Å²) in [5.74, 6) is -0.340. The molecule has 1 amide bonds. The number of halogens is 1. The monoisotopic (exact) mass is 397 g/mol. The van der Waals surface area contributed by atoms with E-state index in [0.29, 0.717) is 5.69 Å². The minimum atomic E-state index is -0.261. The molecule has 0 aliphatic carbocycles. The van der Waals surface area contributed by atoms with Crippen LogP contribution in [0.25, 0.3) is 11.3 Å². The number of anilines is 2. The quantitative estimate of drug-likeness (QED) is 0.636. The minimum Gasteiger partial charge on any atom is -0.506 e. The summed E-state index contributed by atoms with van der Waals surface area (Å²) in [6.45, 7) is 1.49. The number of hydrogen-bond acceptors (Lipinski definition) is 5. The summed E-state index contributed by atoms with van der Waals surface area (Å²) in [6.07, 6.45) is 1.45. The van der Waals surface area contributed by atoms with Gasteiger partial charge in [-0.25, -0.2) is 9.37 Å². The zero-order valence-electron chi connectivity index (χ0n) is 15.1.